The summed E-state index contributed by atoms with van der Waals surface area (Å²) >= 11 is 0. The fourth-order valence-corrected chi connectivity index (χ4v) is 3.77. The van der Waals surface area contributed by atoms with Gasteiger partial charge in [0, 0.05) is 11.3 Å². The van der Waals surface area contributed by atoms with E-state index in [1.807, 2.05) is 24.3 Å². The first-order valence-electron chi connectivity index (χ1n) is 10.4. The Morgan fingerprint density at radius 3 is 2.53 bits per heavy atom. The highest BCUT2D eigenvalue weighted by Crippen LogP contribution is 2.39. The summed E-state index contributed by atoms with van der Waals surface area (Å²) in [4.78, 5) is 12.7. The number of nitrogens with one attached hydrogen (secondary N) is 1. The monoisotopic (exact) mass is 433 g/mol. The molecular weight excluding hydrogens is 406 g/mol. The normalized spacial score (nSPS) is 15.7. The summed E-state index contributed by atoms with van der Waals surface area (Å²) in [5.41, 5.74) is 4.26. The lowest BCUT2D eigenvalue weighted by molar-refractivity contribution is -0.136. The number of benzene rings is 2. The molecule has 8 nitrogen and oxygen atoms in total. The second kappa shape index (κ2) is 8.45. The molecule has 2 heterocycles. The first-order valence-corrected chi connectivity index (χ1v) is 10.4. The minimum atomic E-state index is -0.576. The van der Waals surface area contributed by atoms with E-state index in [2.05, 4.69) is 65.9 Å². The van der Waals surface area contributed by atoms with Crippen LogP contribution >= 0.6 is 0 Å². The van der Waals surface area contributed by atoms with Crippen LogP contribution in [0.3, 0.4) is 0 Å². The van der Waals surface area contributed by atoms with Crippen LogP contribution in [0.25, 0.3) is 0 Å². The van der Waals surface area contributed by atoms with E-state index in [1.165, 1.54) is 12.7 Å². The Bertz CT molecular complexity index is 1160. The molecular formula is C24H27N5O3. The van der Waals surface area contributed by atoms with E-state index < -0.39 is 12.0 Å². The van der Waals surface area contributed by atoms with Crippen LogP contribution in [0, 0.1) is 0 Å². The van der Waals surface area contributed by atoms with Gasteiger partial charge in [-0.3, -0.25) is 0 Å². The summed E-state index contributed by atoms with van der Waals surface area (Å²) < 4.78 is 12.8. The fourth-order valence-electron chi connectivity index (χ4n) is 3.77. The molecule has 1 N–H and O–H groups in total. The van der Waals surface area contributed by atoms with E-state index in [-0.39, 0.29) is 5.41 Å². The van der Waals surface area contributed by atoms with Crippen molar-refractivity contribution < 1.29 is 14.3 Å². The SMILES string of the molecule is COC(=O)C1=C(C)Nc2nnnn2C1c1ccccc1OCc1ccc(C(C)(C)C)cc1. The van der Waals surface area contributed by atoms with E-state index in [1.54, 1.807) is 11.6 Å². The van der Waals surface area contributed by atoms with Crippen LogP contribution in [0.1, 0.15) is 50.4 Å². The molecule has 0 aliphatic carbocycles. The number of esters is 1. The lowest BCUT2D eigenvalue weighted by Gasteiger charge is -2.28. The highest BCUT2D eigenvalue weighted by molar-refractivity contribution is 5.92. The van der Waals surface area contributed by atoms with E-state index in [4.69, 9.17) is 9.47 Å². The van der Waals surface area contributed by atoms with Crippen LogP contribution in [-0.2, 0) is 21.6 Å². The average molecular weight is 434 g/mol. The summed E-state index contributed by atoms with van der Waals surface area (Å²) in [6, 6.07) is 15.4. The van der Waals surface area contributed by atoms with Gasteiger partial charge in [0.25, 0.3) is 0 Å². The number of hydrogen-bond acceptors (Lipinski definition) is 7. The number of para-hydroxylation sites is 1. The molecule has 0 bridgehead atoms. The molecule has 0 saturated carbocycles. The van der Waals surface area contributed by atoms with Crippen molar-refractivity contribution in [3.63, 3.8) is 0 Å². The molecule has 166 valence electrons. The number of nitrogens with zero attached hydrogens (tertiary/aromatic N) is 4. The third-order valence-corrected chi connectivity index (χ3v) is 5.55. The molecule has 2 aromatic carbocycles. The van der Waals surface area contributed by atoms with E-state index in [0.29, 0.717) is 29.6 Å². The van der Waals surface area contributed by atoms with Crippen LogP contribution in [0.5, 0.6) is 5.75 Å². The first-order chi connectivity index (χ1) is 15.3. The number of ether oxygens (including phenoxy) is 2. The summed E-state index contributed by atoms with van der Waals surface area (Å²) in [6.45, 7) is 8.77. The number of aromatic nitrogens is 4. The molecule has 8 heteroatoms. The van der Waals surface area contributed by atoms with E-state index >= 15 is 0 Å². The topological polar surface area (TPSA) is 91.2 Å². The predicted molar refractivity (Wildman–Crippen MR) is 120 cm³/mol. The second-order valence-corrected chi connectivity index (χ2v) is 8.78. The van der Waals surface area contributed by atoms with Gasteiger partial charge >= 0.3 is 5.97 Å². The van der Waals surface area contributed by atoms with Gasteiger partial charge in [-0.2, -0.15) is 4.68 Å². The van der Waals surface area contributed by atoms with Crippen molar-refractivity contribution in [2.75, 3.05) is 12.4 Å². The Kier molecular flexibility index (Phi) is 5.69. The van der Waals surface area contributed by atoms with Gasteiger partial charge in [-0.1, -0.05) is 68.3 Å². The minimum Gasteiger partial charge on any atom is -0.489 e. The molecule has 32 heavy (non-hydrogen) atoms. The maximum absolute atomic E-state index is 12.7. The zero-order valence-corrected chi connectivity index (χ0v) is 18.9. The number of tetrazole rings is 1. The molecule has 1 atom stereocenters. The highest BCUT2D eigenvalue weighted by atomic mass is 16.5. The van der Waals surface area contributed by atoms with Gasteiger partial charge in [-0.05, 0) is 40.0 Å². The third-order valence-electron chi connectivity index (χ3n) is 5.55. The average Bonchev–Trinajstić information content (AvgIpc) is 3.24. The lowest BCUT2D eigenvalue weighted by atomic mass is 9.87. The molecule has 0 saturated heterocycles. The van der Waals surface area contributed by atoms with Crippen molar-refractivity contribution in [1.82, 2.24) is 20.2 Å². The molecule has 0 radical (unpaired) electrons. The number of rotatable bonds is 5. The van der Waals surface area contributed by atoms with Gasteiger partial charge in [0.05, 0.1) is 12.7 Å². The molecule has 0 spiro atoms. The quantitative estimate of drug-likeness (QED) is 0.608. The zero-order chi connectivity index (χ0) is 22.9. The van der Waals surface area contributed by atoms with Crippen LogP contribution in [0.2, 0.25) is 0 Å². The second-order valence-electron chi connectivity index (χ2n) is 8.78. The summed E-state index contributed by atoms with van der Waals surface area (Å²) in [5.74, 6) is 0.649. The van der Waals surface area contributed by atoms with Crippen LogP contribution in [0.15, 0.2) is 59.8 Å². The number of hydrogen-bond donors (Lipinski definition) is 1. The van der Waals surface area contributed by atoms with Gasteiger partial charge in [-0.15, -0.1) is 0 Å². The maximum atomic E-state index is 12.7. The summed E-state index contributed by atoms with van der Waals surface area (Å²) in [6.07, 6.45) is 0. The molecule has 0 fully saturated rings. The van der Waals surface area contributed by atoms with Crippen molar-refractivity contribution in [2.45, 2.75) is 45.8 Å². The maximum Gasteiger partial charge on any atom is 0.338 e. The fraction of sp³-hybridized carbons (Fsp3) is 0.333. The standard InChI is InChI=1S/C24H27N5O3/c1-15-20(22(30)31-5)21(29-23(25-15)26-27-28-29)18-8-6-7-9-19(18)32-14-16-10-12-17(13-11-16)24(2,3)4/h6-13,21H,14H2,1-5H3,(H,25,26,28). The lowest BCUT2D eigenvalue weighted by Crippen LogP contribution is -2.29. The molecule has 3 aromatic rings. The zero-order valence-electron chi connectivity index (χ0n) is 18.9. The third kappa shape index (κ3) is 4.08. The Labute approximate surface area is 187 Å². The Morgan fingerprint density at radius 2 is 1.84 bits per heavy atom. The smallest absolute Gasteiger partial charge is 0.338 e. The van der Waals surface area contributed by atoms with Crippen molar-refractivity contribution in [3.05, 3.63) is 76.5 Å². The number of methoxy groups -OCH3 is 1. The highest BCUT2D eigenvalue weighted by Gasteiger charge is 2.36. The Morgan fingerprint density at radius 1 is 1.12 bits per heavy atom. The van der Waals surface area contributed by atoms with Crippen LogP contribution < -0.4 is 10.1 Å². The number of carbonyl (C=O) groups is 1. The first kappa shape index (κ1) is 21.5. The molecule has 1 unspecified atom stereocenters. The number of carbonyl (C=O) groups excluding carboxylic acids is 1. The molecule has 1 aliphatic rings. The van der Waals surface area contributed by atoms with Crippen molar-refractivity contribution in [3.8, 4) is 5.75 Å². The van der Waals surface area contributed by atoms with Crippen LogP contribution in [-0.4, -0.2) is 33.3 Å². The number of anilines is 1. The molecule has 0 amide bonds. The molecule has 4 rings (SSSR count). The van der Waals surface area contributed by atoms with E-state index in [0.717, 1.165) is 11.1 Å². The number of fused-ring (bicyclic) bond motifs is 1. The van der Waals surface area contributed by atoms with Crippen LogP contribution in [0.4, 0.5) is 5.95 Å². The predicted octanol–water partition coefficient (Wildman–Crippen LogP) is 4.01. The van der Waals surface area contributed by atoms with Gasteiger partial charge in [0.1, 0.15) is 18.4 Å². The summed E-state index contributed by atoms with van der Waals surface area (Å²) in [5, 5.41) is 15.0. The van der Waals surface area contributed by atoms with Crippen molar-refractivity contribution in [1.29, 1.82) is 0 Å². The van der Waals surface area contributed by atoms with Crippen molar-refractivity contribution in [2.24, 2.45) is 0 Å². The largest absolute Gasteiger partial charge is 0.489 e. The number of allylic oxidation sites excluding steroid dienone is 1. The van der Waals surface area contributed by atoms with E-state index in [9.17, 15) is 4.79 Å². The summed E-state index contributed by atoms with van der Waals surface area (Å²) in [7, 11) is 1.36. The van der Waals surface area contributed by atoms with Gasteiger partial charge in [0.2, 0.25) is 5.95 Å². The Balaban J connectivity index is 1.67. The Hall–Kier alpha value is -3.68. The van der Waals surface area contributed by atoms with Gasteiger partial charge < -0.3 is 14.8 Å². The molecule has 1 aromatic heterocycles. The van der Waals surface area contributed by atoms with Gasteiger partial charge in [-0.25, -0.2) is 4.79 Å². The molecule has 1 aliphatic heterocycles. The minimum absolute atomic E-state index is 0.0963. The van der Waals surface area contributed by atoms with Crippen molar-refractivity contribution >= 4 is 11.9 Å². The van der Waals surface area contributed by atoms with Gasteiger partial charge in [0.15, 0.2) is 0 Å².